The predicted molar refractivity (Wildman–Crippen MR) is 64.7 cm³/mol. The number of hydrogen-bond donors (Lipinski definition) is 2. The lowest BCUT2D eigenvalue weighted by molar-refractivity contribution is -0.117. The smallest absolute Gasteiger partial charge is 0.244 e. The van der Waals surface area contributed by atoms with Crippen molar-refractivity contribution in [2.24, 2.45) is 0 Å². The fourth-order valence-corrected chi connectivity index (χ4v) is 1.14. The van der Waals surface area contributed by atoms with Crippen LogP contribution < -0.4 is 5.32 Å². The van der Waals surface area contributed by atoms with Gasteiger partial charge in [0.2, 0.25) is 5.91 Å². The molecule has 1 aromatic rings. The van der Waals surface area contributed by atoms with Gasteiger partial charge in [-0.05, 0) is 37.6 Å². The van der Waals surface area contributed by atoms with E-state index in [0.29, 0.717) is 5.56 Å². The van der Waals surface area contributed by atoms with Crippen molar-refractivity contribution in [2.45, 2.75) is 19.4 Å². The van der Waals surface area contributed by atoms with E-state index < -0.39 is 5.60 Å². The number of benzene rings is 1. The number of nitrogens with one attached hydrogen (secondary N) is 1. The standard InChI is InChI=1S/C13H16FNO2/c1-13(2,17)9-15-12(16)7-6-10-4-3-5-11(14)8-10/h3-8,17H,9H2,1-2H3,(H,15,16). The molecule has 0 atom stereocenters. The second-order valence-electron chi connectivity index (χ2n) is 4.42. The minimum absolute atomic E-state index is 0.166. The average Bonchev–Trinajstić information content (AvgIpc) is 2.23. The van der Waals surface area contributed by atoms with E-state index in [4.69, 9.17) is 0 Å². The molecule has 0 aliphatic heterocycles. The molecule has 0 spiro atoms. The fraction of sp³-hybridized carbons (Fsp3) is 0.308. The van der Waals surface area contributed by atoms with E-state index in [1.165, 1.54) is 24.3 Å². The minimum Gasteiger partial charge on any atom is -0.389 e. The highest BCUT2D eigenvalue weighted by Gasteiger charge is 2.12. The van der Waals surface area contributed by atoms with Crippen LogP contribution in [0.25, 0.3) is 6.08 Å². The average molecular weight is 237 g/mol. The molecule has 0 heterocycles. The summed E-state index contributed by atoms with van der Waals surface area (Å²) >= 11 is 0. The zero-order valence-electron chi connectivity index (χ0n) is 9.90. The molecule has 1 amide bonds. The number of hydrogen-bond acceptors (Lipinski definition) is 2. The van der Waals surface area contributed by atoms with Crippen LogP contribution in [0.2, 0.25) is 0 Å². The van der Waals surface area contributed by atoms with Crippen molar-refractivity contribution in [2.75, 3.05) is 6.54 Å². The molecule has 17 heavy (non-hydrogen) atoms. The monoisotopic (exact) mass is 237 g/mol. The summed E-state index contributed by atoms with van der Waals surface area (Å²) < 4.78 is 12.8. The summed E-state index contributed by atoms with van der Waals surface area (Å²) in [6.07, 6.45) is 2.82. The molecule has 0 bridgehead atoms. The SMILES string of the molecule is CC(C)(O)CNC(=O)C=Cc1cccc(F)c1. The van der Waals surface area contributed by atoms with E-state index >= 15 is 0 Å². The van der Waals surface area contributed by atoms with Crippen LogP contribution >= 0.6 is 0 Å². The van der Waals surface area contributed by atoms with Crippen LogP contribution in [-0.4, -0.2) is 23.2 Å². The van der Waals surface area contributed by atoms with Gasteiger partial charge in [0.15, 0.2) is 0 Å². The van der Waals surface area contributed by atoms with Gasteiger partial charge in [0, 0.05) is 12.6 Å². The van der Waals surface area contributed by atoms with Gasteiger partial charge in [-0.2, -0.15) is 0 Å². The highest BCUT2D eigenvalue weighted by molar-refractivity contribution is 5.91. The molecule has 2 N–H and O–H groups in total. The third-order valence-corrected chi connectivity index (χ3v) is 1.97. The maximum Gasteiger partial charge on any atom is 0.244 e. The quantitative estimate of drug-likeness (QED) is 0.783. The Kier molecular flexibility index (Phi) is 4.40. The first-order valence-electron chi connectivity index (χ1n) is 5.31. The van der Waals surface area contributed by atoms with E-state index in [2.05, 4.69) is 5.32 Å². The molecule has 0 aliphatic rings. The third-order valence-electron chi connectivity index (χ3n) is 1.97. The van der Waals surface area contributed by atoms with Gasteiger partial charge in [0.05, 0.1) is 5.60 Å². The Bertz CT molecular complexity index is 422. The highest BCUT2D eigenvalue weighted by Crippen LogP contribution is 2.05. The van der Waals surface area contributed by atoms with Crippen LogP contribution in [0.3, 0.4) is 0 Å². The van der Waals surface area contributed by atoms with Gasteiger partial charge in [-0.25, -0.2) is 4.39 Å². The molecule has 0 aromatic heterocycles. The van der Waals surface area contributed by atoms with Crippen LogP contribution in [-0.2, 0) is 4.79 Å². The van der Waals surface area contributed by atoms with E-state index in [9.17, 15) is 14.3 Å². The lowest BCUT2D eigenvalue weighted by Gasteiger charge is -2.16. The minimum atomic E-state index is -0.942. The van der Waals surface area contributed by atoms with Crippen molar-refractivity contribution in [1.29, 1.82) is 0 Å². The van der Waals surface area contributed by atoms with Crippen molar-refractivity contribution in [3.8, 4) is 0 Å². The van der Waals surface area contributed by atoms with Crippen molar-refractivity contribution in [3.63, 3.8) is 0 Å². The molecule has 3 nitrogen and oxygen atoms in total. The van der Waals surface area contributed by atoms with Crippen LogP contribution in [0.5, 0.6) is 0 Å². The van der Waals surface area contributed by atoms with Crippen LogP contribution in [0.1, 0.15) is 19.4 Å². The Morgan fingerprint density at radius 1 is 1.53 bits per heavy atom. The van der Waals surface area contributed by atoms with E-state index in [1.807, 2.05) is 0 Å². The molecule has 4 heteroatoms. The summed E-state index contributed by atoms with van der Waals surface area (Å²) in [5.41, 5.74) is -0.328. The van der Waals surface area contributed by atoms with Crippen molar-refractivity contribution >= 4 is 12.0 Å². The van der Waals surface area contributed by atoms with E-state index in [-0.39, 0.29) is 18.3 Å². The van der Waals surface area contributed by atoms with E-state index in [0.717, 1.165) is 0 Å². The van der Waals surface area contributed by atoms with Gasteiger partial charge in [0.1, 0.15) is 5.82 Å². The van der Waals surface area contributed by atoms with Gasteiger partial charge >= 0.3 is 0 Å². The molecule has 0 saturated heterocycles. The van der Waals surface area contributed by atoms with Crippen LogP contribution in [0.15, 0.2) is 30.3 Å². The molecular formula is C13H16FNO2. The fourth-order valence-electron chi connectivity index (χ4n) is 1.14. The molecule has 0 fully saturated rings. The van der Waals surface area contributed by atoms with Crippen molar-refractivity contribution in [3.05, 3.63) is 41.7 Å². The second-order valence-corrected chi connectivity index (χ2v) is 4.42. The summed E-state index contributed by atoms with van der Waals surface area (Å²) in [5.74, 6) is -0.666. The Labute approximate surface area is 100.0 Å². The summed E-state index contributed by atoms with van der Waals surface area (Å²) in [6, 6.07) is 5.94. The van der Waals surface area contributed by atoms with Gasteiger partial charge in [-0.3, -0.25) is 4.79 Å². The number of amides is 1. The van der Waals surface area contributed by atoms with Crippen molar-refractivity contribution < 1.29 is 14.3 Å². The lowest BCUT2D eigenvalue weighted by Crippen LogP contribution is -2.37. The van der Waals surface area contributed by atoms with E-state index in [1.54, 1.807) is 26.0 Å². The highest BCUT2D eigenvalue weighted by atomic mass is 19.1. The molecule has 0 saturated carbocycles. The number of halogens is 1. The maximum absolute atomic E-state index is 12.8. The van der Waals surface area contributed by atoms with Gasteiger partial charge in [-0.1, -0.05) is 12.1 Å². The number of rotatable bonds is 4. The molecule has 0 radical (unpaired) electrons. The third kappa shape index (κ3) is 5.82. The van der Waals surface area contributed by atoms with Gasteiger partial charge in [-0.15, -0.1) is 0 Å². The van der Waals surface area contributed by atoms with Crippen molar-refractivity contribution in [1.82, 2.24) is 5.32 Å². The maximum atomic E-state index is 12.8. The van der Waals surface area contributed by atoms with Gasteiger partial charge in [0.25, 0.3) is 0 Å². The first-order chi connectivity index (χ1) is 7.87. The normalized spacial score (nSPS) is 11.8. The summed E-state index contributed by atoms with van der Waals surface area (Å²) in [5, 5.41) is 11.9. The Morgan fingerprint density at radius 3 is 2.82 bits per heavy atom. The lowest BCUT2D eigenvalue weighted by atomic mass is 10.1. The van der Waals surface area contributed by atoms with Crippen LogP contribution in [0, 0.1) is 5.82 Å². The largest absolute Gasteiger partial charge is 0.389 e. The summed E-state index contributed by atoms with van der Waals surface area (Å²) in [6.45, 7) is 3.37. The second kappa shape index (κ2) is 5.59. The number of carbonyl (C=O) groups excluding carboxylic acids is 1. The topological polar surface area (TPSA) is 49.3 Å². The first-order valence-corrected chi connectivity index (χ1v) is 5.31. The molecule has 0 unspecified atom stereocenters. The molecule has 1 aromatic carbocycles. The molecular weight excluding hydrogens is 221 g/mol. The number of carbonyl (C=O) groups is 1. The number of aliphatic hydroxyl groups is 1. The first kappa shape index (κ1) is 13.4. The zero-order valence-corrected chi connectivity index (χ0v) is 9.90. The molecule has 92 valence electrons. The molecule has 0 aliphatic carbocycles. The summed E-state index contributed by atoms with van der Waals surface area (Å²) in [4.78, 5) is 11.3. The Morgan fingerprint density at radius 2 is 2.24 bits per heavy atom. The van der Waals surface area contributed by atoms with Crippen LogP contribution in [0.4, 0.5) is 4.39 Å². The summed E-state index contributed by atoms with van der Waals surface area (Å²) in [7, 11) is 0. The van der Waals surface area contributed by atoms with Gasteiger partial charge < -0.3 is 10.4 Å². The predicted octanol–water partition coefficient (Wildman–Crippen LogP) is 1.73. The zero-order chi connectivity index (χ0) is 12.9. The molecule has 1 rings (SSSR count). The Balaban J connectivity index is 2.51. The Hall–Kier alpha value is -1.68.